The number of anilines is 1. The van der Waals surface area contributed by atoms with Crippen LogP contribution in [-0.2, 0) is 7.05 Å². The van der Waals surface area contributed by atoms with Crippen molar-refractivity contribution in [3.63, 3.8) is 0 Å². The quantitative estimate of drug-likeness (QED) is 0.868. The number of hydrogen-bond donors (Lipinski definition) is 1. The molecule has 1 aromatic rings. The number of aryl methyl sites for hydroxylation is 2. The van der Waals surface area contributed by atoms with Gasteiger partial charge in [-0.25, -0.2) is 0 Å². The number of rotatable bonds is 4. The van der Waals surface area contributed by atoms with E-state index in [1.807, 2.05) is 18.7 Å². The van der Waals surface area contributed by atoms with Gasteiger partial charge in [0, 0.05) is 26.2 Å². The maximum absolute atomic E-state index is 9.27. The predicted octanol–water partition coefficient (Wildman–Crippen LogP) is 1.18. The van der Waals surface area contributed by atoms with E-state index in [9.17, 15) is 5.26 Å². The van der Waals surface area contributed by atoms with Crippen molar-refractivity contribution in [1.82, 2.24) is 15.1 Å². The fraction of sp³-hybridized carbons (Fsp3) is 0.692. The first kappa shape index (κ1) is 12.9. The molecule has 1 N–H and O–H groups in total. The highest BCUT2D eigenvalue weighted by molar-refractivity contribution is 5.57. The Morgan fingerprint density at radius 3 is 2.94 bits per heavy atom. The summed E-state index contributed by atoms with van der Waals surface area (Å²) in [7, 11) is 1.91. The molecule has 98 valence electrons. The third-order valence-electron chi connectivity index (χ3n) is 3.59. The van der Waals surface area contributed by atoms with Crippen LogP contribution in [0.5, 0.6) is 0 Å². The second kappa shape index (κ2) is 5.40. The van der Waals surface area contributed by atoms with Crippen LogP contribution in [0.25, 0.3) is 0 Å². The number of nitrogens with one attached hydrogen (secondary N) is 1. The van der Waals surface area contributed by atoms with Crippen LogP contribution in [0.3, 0.4) is 0 Å². The van der Waals surface area contributed by atoms with Gasteiger partial charge in [0.25, 0.3) is 0 Å². The van der Waals surface area contributed by atoms with Crippen LogP contribution in [0.2, 0.25) is 0 Å². The van der Waals surface area contributed by atoms with E-state index in [0.29, 0.717) is 11.6 Å². The summed E-state index contributed by atoms with van der Waals surface area (Å²) < 4.78 is 1.83. The average Bonchev–Trinajstić information content (AvgIpc) is 2.94. The van der Waals surface area contributed by atoms with E-state index >= 15 is 0 Å². The zero-order valence-corrected chi connectivity index (χ0v) is 11.4. The first-order valence-electron chi connectivity index (χ1n) is 6.59. The second-order valence-corrected chi connectivity index (χ2v) is 4.85. The molecule has 0 radical (unpaired) electrons. The van der Waals surface area contributed by atoms with E-state index in [-0.39, 0.29) is 0 Å². The predicted molar refractivity (Wildman–Crippen MR) is 71.6 cm³/mol. The van der Waals surface area contributed by atoms with Gasteiger partial charge in [-0.15, -0.1) is 0 Å². The Morgan fingerprint density at radius 2 is 2.39 bits per heavy atom. The maximum Gasteiger partial charge on any atom is 0.145 e. The molecule has 5 nitrogen and oxygen atoms in total. The van der Waals surface area contributed by atoms with Gasteiger partial charge < -0.3 is 10.2 Å². The highest BCUT2D eigenvalue weighted by Gasteiger charge is 2.22. The molecule has 5 heteroatoms. The minimum Gasteiger partial charge on any atom is -0.354 e. The largest absolute Gasteiger partial charge is 0.354 e. The van der Waals surface area contributed by atoms with Crippen LogP contribution in [0.15, 0.2) is 0 Å². The summed E-state index contributed by atoms with van der Waals surface area (Å²) in [5, 5.41) is 17.1. The molecule has 2 heterocycles. The van der Waals surface area contributed by atoms with Crippen molar-refractivity contribution < 1.29 is 0 Å². The highest BCUT2D eigenvalue weighted by Crippen LogP contribution is 2.23. The molecule has 2 rings (SSSR count). The maximum atomic E-state index is 9.27. The summed E-state index contributed by atoms with van der Waals surface area (Å²) in [4.78, 5) is 2.25. The Kier molecular flexibility index (Phi) is 3.87. The van der Waals surface area contributed by atoms with Gasteiger partial charge in [-0.2, -0.15) is 10.4 Å². The number of nitriles is 1. The SMILES string of the molecule is CCN(CC1CCCN1)c1c(C#N)c(C)nn1C. The number of nitrogens with zero attached hydrogens (tertiary/aromatic N) is 4. The van der Waals surface area contributed by atoms with Gasteiger partial charge >= 0.3 is 0 Å². The van der Waals surface area contributed by atoms with Crippen LogP contribution >= 0.6 is 0 Å². The third-order valence-corrected chi connectivity index (χ3v) is 3.59. The first-order chi connectivity index (χ1) is 8.67. The van der Waals surface area contributed by atoms with E-state index in [0.717, 1.165) is 31.1 Å². The molecule has 0 aliphatic carbocycles. The standard InChI is InChI=1S/C13H21N5/c1-4-18(9-11-6-5-7-15-11)13-12(8-14)10(2)16-17(13)3/h11,15H,4-7,9H2,1-3H3. The van der Waals surface area contributed by atoms with Gasteiger partial charge in [-0.1, -0.05) is 0 Å². The highest BCUT2D eigenvalue weighted by atomic mass is 15.4. The molecule has 1 saturated heterocycles. The molecule has 1 fully saturated rings. The summed E-state index contributed by atoms with van der Waals surface area (Å²) in [6.45, 7) is 6.97. The van der Waals surface area contributed by atoms with E-state index in [1.54, 1.807) is 0 Å². The summed E-state index contributed by atoms with van der Waals surface area (Å²) in [6, 6.07) is 2.81. The Hall–Kier alpha value is -1.54. The van der Waals surface area contributed by atoms with Gasteiger partial charge in [0.2, 0.25) is 0 Å². The minimum absolute atomic E-state index is 0.534. The molecule has 18 heavy (non-hydrogen) atoms. The molecule has 0 bridgehead atoms. The lowest BCUT2D eigenvalue weighted by atomic mass is 10.2. The summed E-state index contributed by atoms with van der Waals surface area (Å²) in [5.41, 5.74) is 1.52. The average molecular weight is 247 g/mol. The molecular formula is C13H21N5. The molecular weight excluding hydrogens is 226 g/mol. The van der Waals surface area contributed by atoms with Crippen LogP contribution < -0.4 is 10.2 Å². The molecule has 1 aliphatic heterocycles. The minimum atomic E-state index is 0.534. The van der Waals surface area contributed by atoms with Crippen molar-refractivity contribution in [2.24, 2.45) is 7.05 Å². The Balaban J connectivity index is 2.24. The second-order valence-electron chi connectivity index (χ2n) is 4.85. The fourth-order valence-corrected chi connectivity index (χ4v) is 2.68. The monoisotopic (exact) mass is 247 g/mol. The summed E-state index contributed by atoms with van der Waals surface area (Å²) >= 11 is 0. The van der Waals surface area contributed by atoms with Crippen molar-refractivity contribution in [2.75, 3.05) is 24.5 Å². The van der Waals surface area contributed by atoms with Gasteiger partial charge in [-0.3, -0.25) is 4.68 Å². The summed E-state index contributed by atoms with van der Waals surface area (Å²) in [6.07, 6.45) is 2.47. The smallest absolute Gasteiger partial charge is 0.145 e. The molecule has 0 saturated carbocycles. The van der Waals surface area contributed by atoms with Crippen molar-refractivity contribution in [3.8, 4) is 6.07 Å². The zero-order chi connectivity index (χ0) is 13.1. The van der Waals surface area contributed by atoms with Crippen LogP contribution in [0.1, 0.15) is 31.0 Å². The van der Waals surface area contributed by atoms with Crippen molar-refractivity contribution in [3.05, 3.63) is 11.3 Å². The molecule has 1 aromatic heterocycles. The Labute approximate surface area is 108 Å². The summed E-state index contributed by atoms with van der Waals surface area (Å²) in [5.74, 6) is 0.950. The lowest BCUT2D eigenvalue weighted by molar-refractivity contribution is 0.574. The van der Waals surface area contributed by atoms with Gasteiger partial charge in [0.15, 0.2) is 0 Å². The van der Waals surface area contributed by atoms with Gasteiger partial charge in [-0.05, 0) is 33.2 Å². The molecule has 0 amide bonds. The first-order valence-corrected chi connectivity index (χ1v) is 6.59. The molecule has 0 spiro atoms. The topological polar surface area (TPSA) is 56.9 Å². The lowest BCUT2D eigenvalue weighted by Gasteiger charge is -2.26. The normalized spacial score (nSPS) is 18.9. The molecule has 1 unspecified atom stereocenters. The Morgan fingerprint density at radius 1 is 1.61 bits per heavy atom. The van der Waals surface area contributed by atoms with Crippen molar-refractivity contribution in [1.29, 1.82) is 5.26 Å². The number of hydrogen-bond acceptors (Lipinski definition) is 4. The number of aromatic nitrogens is 2. The Bertz CT molecular complexity index is 451. The fourth-order valence-electron chi connectivity index (χ4n) is 2.68. The third kappa shape index (κ3) is 2.34. The van der Waals surface area contributed by atoms with Crippen LogP contribution in [0.4, 0.5) is 5.82 Å². The molecule has 1 aliphatic rings. The lowest BCUT2D eigenvalue weighted by Crippen LogP contribution is -2.38. The van der Waals surface area contributed by atoms with E-state index in [2.05, 4.69) is 28.3 Å². The van der Waals surface area contributed by atoms with Crippen molar-refractivity contribution in [2.45, 2.75) is 32.7 Å². The van der Waals surface area contributed by atoms with Gasteiger partial charge in [0.05, 0.1) is 5.69 Å². The number of likely N-dealkylation sites (N-methyl/N-ethyl adjacent to an activating group) is 1. The van der Waals surface area contributed by atoms with E-state index < -0.39 is 0 Å². The van der Waals surface area contributed by atoms with Crippen LogP contribution in [0, 0.1) is 18.3 Å². The van der Waals surface area contributed by atoms with Gasteiger partial charge in [0.1, 0.15) is 17.5 Å². The molecule has 1 atom stereocenters. The van der Waals surface area contributed by atoms with E-state index in [4.69, 9.17) is 0 Å². The van der Waals surface area contributed by atoms with E-state index in [1.165, 1.54) is 12.8 Å². The van der Waals surface area contributed by atoms with Crippen LogP contribution in [-0.4, -0.2) is 35.5 Å². The van der Waals surface area contributed by atoms with Crippen molar-refractivity contribution >= 4 is 5.82 Å². The zero-order valence-electron chi connectivity index (χ0n) is 11.4. The molecule has 0 aromatic carbocycles.